The number of ether oxygens (including phenoxy) is 1. The van der Waals surface area contributed by atoms with Crippen molar-refractivity contribution in [2.45, 2.75) is 0 Å². The summed E-state index contributed by atoms with van der Waals surface area (Å²) in [6, 6.07) is 5.07. The van der Waals surface area contributed by atoms with Crippen LogP contribution in [0.5, 0.6) is 11.5 Å². The highest BCUT2D eigenvalue weighted by Gasteiger charge is 2.14. The van der Waals surface area contributed by atoms with Gasteiger partial charge in [0.25, 0.3) is 0 Å². The number of methoxy groups -OCH3 is 1. The van der Waals surface area contributed by atoms with Crippen molar-refractivity contribution >= 4 is 5.82 Å². The molecule has 0 saturated heterocycles. The summed E-state index contributed by atoms with van der Waals surface area (Å²) in [5, 5.41) is 22.9. The SMILES string of the molecule is COc1c(O)cc(-c2cnn(C)c2N)cc1C#N. The number of aromatic nitrogens is 2. The Morgan fingerprint density at radius 3 is 2.72 bits per heavy atom. The summed E-state index contributed by atoms with van der Waals surface area (Å²) in [6.07, 6.45) is 1.58. The van der Waals surface area contributed by atoms with E-state index in [4.69, 9.17) is 15.7 Å². The van der Waals surface area contributed by atoms with Crippen molar-refractivity contribution in [3.8, 4) is 28.7 Å². The molecule has 0 radical (unpaired) electrons. The molecule has 2 aromatic rings. The molecule has 0 spiro atoms. The standard InChI is InChI=1S/C12H12N4O2/c1-16-12(14)9(6-15-16)7-3-8(5-13)11(18-2)10(17)4-7/h3-4,6,17H,14H2,1-2H3. The van der Waals surface area contributed by atoms with E-state index in [0.29, 0.717) is 16.9 Å². The number of phenolic OH excluding ortho intramolecular Hbond substituents is 1. The van der Waals surface area contributed by atoms with E-state index in [1.54, 1.807) is 19.3 Å². The maximum absolute atomic E-state index is 9.82. The predicted octanol–water partition coefficient (Wildman–Crippen LogP) is 1.26. The number of hydrogen-bond donors (Lipinski definition) is 2. The van der Waals surface area contributed by atoms with Gasteiger partial charge in [0.05, 0.1) is 18.9 Å². The van der Waals surface area contributed by atoms with Crippen molar-refractivity contribution in [2.75, 3.05) is 12.8 Å². The van der Waals surface area contributed by atoms with Gasteiger partial charge in [0.2, 0.25) is 0 Å². The van der Waals surface area contributed by atoms with Crippen LogP contribution in [-0.4, -0.2) is 22.0 Å². The van der Waals surface area contributed by atoms with Gasteiger partial charge >= 0.3 is 0 Å². The van der Waals surface area contributed by atoms with Crippen molar-refractivity contribution in [3.63, 3.8) is 0 Å². The number of nitrogens with two attached hydrogens (primary N) is 1. The fourth-order valence-electron chi connectivity index (χ4n) is 1.74. The highest BCUT2D eigenvalue weighted by Crippen LogP contribution is 2.36. The molecule has 0 amide bonds. The van der Waals surface area contributed by atoms with Crippen LogP contribution in [0.25, 0.3) is 11.1 Å². The molecule has 0 unspecified atom stereocenters. The highest BCUT2D eigenvalue weighted by molar-refractivity contribution is 5.77. The van der Waals surface area contributed by atoms with Gasteiger partial charge in [-0.05, 0) is 17.7 Å². The Balaban J connectivity index is 2.64. The van der Waals surface area contributed by atoms with Crippen LogP contribution in [0.2, 0.25) is 0 Å². The highest BCUT2D eigenvalue weighted by atomic mass is 16.5. The van der Waals surface area contributed by atoms with E-state index in [1.165, 1.54) is 17.9 Å². The van der Waals surface area contributed by atoms with Gasteiger partial charge in [0.15, 0.2) is 11.5 Å². The third-order valence-corrected chi connectivity index (χ3v) is 2.69. The summed E-state index contributed by atoms with van der Waals surface area (Å²) in [5.74, 6) is 0.516. The lowest BCUT2D eigenvalue weighted by molar-refractivity contribution is 0.372. The van der Waals surface area contributed by atoms with E-state index < -0.39 is 0 Å². The molecule has 0 aliphatic heterocycles. The Kier molecular flexibility index (Phi) is 2.81. The number of benzene rings is 1. The topological polar surface area (TPSA) is 97.1 Å². The maximum atomic E-state index is 9.82. The molecule has 0 aliphatic carbocycles. The Morgan fingerprint density at radius 2 is 2.22 bits per heavy atom. The van der Waals surface area contributed by atoms with Crippen LogP contribution in [0.1, 0.15) is 5.56 Å². The quantitative estimate of drug-likeness (QED) is 0.828. The lowest BCUT2D eigenvalue weighted by Crippen LogP contribution is -1.98. The first kappa shape index (κ1) is 11.8. The molecule has 6 heteroatoms. The molecule has 1 aromatic carbocycles. The van der Waals surface area contributed by atoms with Gasteiger partial charge < -0.3 is 15.6 Å². The third-order valence-electron chi connectivity index (χ3n) is 2.69. The summed E-state index contributed by atoms with van der Waals surface area (Å²) in [5.41, 5.74) is 7.38. The van der Waals surface area contributed by atoms with Crippen molar-refractivity contribution in [3.05, 3.63) is 23.9 Å². The molecule has 0 atom stereocenters. The minimum atomic E-state index is -0.102. The molecular formula is C12H12N4O2. The van der Waals surface area contributed by atoms with Crippen molar-refractivity contribution in [1.82, 2.24) is 9.78 Å². The van der Waals surface area contributed by atoms with Crippen molar-refractivity contribution in [2.24, 2.45) is 7.05 Å². The fraction of sp³-hybridized carbons (Fsp3) is 0.167. The van der Waals surface area contributed by atoms with Gasteiger partial charge in [-0.25, -0.2) is 0 Å². The van der Waals surface area contributed by atoms with Crippen LogP contribution in [0.4, 0.5) is 5.82 Å². The molecule has 3 N–H and O–H groups in total. The predicted molar refractivity (Wildman–Crippen MR) is 66.0 cm³/mol. The first-order valence-electron chi connectivity index (χ1n) is 5.17. The summed E-state index contributed by atoms with van der Waals surface area (Å²) in [4.78, 5) is 0. The second kappa shape index (κ2) is 4.30. The molecule has 1 aromatic heterocycles. The molecule has 0 bridgehead atoms. The average Bonchev–Trinajstić information content (AvgIpc) is 2.69. The summed E-state index contributed by atoms with van der Waals surface area (Å²) in [6.45, 7) is 0. The minimum absolute atomic E-state index is 0.102. The first-order valence-corrected chi connectivity index (χ1v) is 5.17. The molecule has 2 rings (SSSR count). The Hall–Kier alpha value is -2.68. The molecular weight excluding hydrogens is 232 g/mol. The van der Waals surface area contributed by atoms with E-state index in [9.17, 15) is 5.11 Å². The van der Waals surface area contributed by atoms with Crippen molar-refractivity contribution in [1.29, 1.82) is 5.26 Å². The zero-order valence-electron chi connectivity index (χ0n) is 10.0. The number of aryl methyl sites for hydroxylation is 1. The zero-order chi connectivity index (χ0) is 13.3. The average molecular weight is 244 g/mol. The molecule has 92 valence electrons. The van der Waals surface area contributed by atoms with Crippen LogP contribution in [-0.2, 0) is 7.05 Å². The number of aromatic hydroxyl groups is 1. The molecule has 18 heavy (non-hydrogen) atoms. The molecule has 0 saturated carbocycles. The lowest BCUT2D eigenvalue weighted by Gasteiger charge is -2.08. The number of nitriles is 1. The van der Waals surface area contributed by atoms with Gasteiger partial charge in [-0.1, -0.05) is 0 Å². The Labute approximate surface area is 104 Å². The second-order valence-corrected chi connectivity index (χ2v) is 3.76. The van der Waals surface area contributed by atoms with E-state index in [1.807, 2.05) is 6.07 Å². The number of anilines is 1. The van der Waals surface area contributed by atoms with Gasteiger partial charge in [0.1, 0.15) is 11.9 Å². The summed E-state index contributed by atoms with van der Waals surface area (Å²) >= 11 is 0. The third kappa shape index (κ3) is 1.72. The van der Waals surface area contributed by atoms with Crippen LogP contribution >= 0.6 is 0 Å². The van der Waals surface area contributed by atoms with Gasteiger partial charge in [0, 0.05) is 12.6 Å². The second-order valence-electron chi connectivity index (χ2n) is 3.76. The zero-order valence-corrected chi connectivity index (χ0v) is 10.0. The molecule has 0 aliphatic rings. The van der Waals surface area contributed by atoms with Crippen LogP contribution in [0.3, 0.4) is 0 Å². The number of nitrogen functional groups attached to an aromatic ring is 1. The summed E-state index contributed by atoms with van der Waals surface area (Å²) < 4.78 is 6.49. The van der Waals surface area contributed by atoms with Crippen molar-refractivity contribution < 1.29 is 9.84 Å². The first-order chi connectivity index (χ1) is 8.58. The Morgan fingerprint density at radius 1 is 1.50 bits per heavy atom. The number of phenols is 1. The van der Waals surface area contributed by atoms with Gasteiger partial charge in [-0.2, -0.15) is 10.4 Å². The van der Waals surface area contributed by atoms with E-state index in [-0.39, 0.29) is 17.1 Å². The lowest BCUT2D eigenvalue weighted by atomic mass is 10.0. The number of nitrogens with zero attached hydrogens (tertiary/aromatic N) is 3. The fourth-order valence-corrected chi connectivity index (χ4v) is 1.74. The van der Waals surface area contributed by atoms with E-state index in [2.05, 4.69) is 5.10 Å². The van der Waals surface area contributed by atoms with Crippen LogP contribution in [0, 0.1) is 11.3 Å². The normalized spacial score (nSPS) is 10.1. The smallest absolute Gasteiger partial charge is 0.178 e. The van der Waals surface area contributed by atoms with Gasteiger partial charge in [-0.3, -0.25) is 4.68 Å². The Bertz CT molecular complexity index is 640. The maximum Gasteiger partial charge on any atom is 0.178 e. The number of rotatable bonds is 2. The van der Waals surface area contributed by atoms with Crippen LogP contribution < -0.4 is 10.5 Å². The summed E-state index contributed by atoms with van der Waals surface area (Å²) in [7, 11) is 3.11. The van der Waals surface area contributed by atoms with E-state index >= 15 is 0 Å². The molecule has 6 nitrogen and oxygen atoms in total. The number of hydrogen-bond acceptors (Lipinski definition) is 5. The minimum Gasteiger partial charge on any atom is -0.504 e. The monoisotopic (exact) mass is 244 g/mol. The van der Waals surface area contributed by atoms with E-state index in [0.717, 1.165) is 0 Å². The van der Waals surface area contributed by atoms with Gasteiger partial charge in [-0.15, -0.1) is 0 Å². The molecule has 1 heterocycles. The molecule has 0 fully saturated rings. The van der Waals surface area contributed by atoms with Crippen LogP contribution in [0.15, 0.2) is 18.3 Å². The largest absolute Gasteiger partial charge is 0.504 e.